The zero-order chi connectivity index (χ0) is 46.7. The third-order valence-corrected chi connectivity index (χ3v) is 11.6. The topological polar surface area (TPSA) is 131 Å². The third-order valence-electron chi connectivity index (χ3n) is 10.6. The zero-order valence-corrected chi connectivity index (χ0v) is 41.6. The molecule has 3 N–H and O–H groups in total. The Kier molecular flexibility index (Phi) is 47.4. The molecule has 0 aliphatic rings. The van der Waals surface area contributed by atoms with Crippen molar-refractivity contribution in [1.82, 2.24) is 5.32 Å². The second-order valence-corrected chi connectivity index (χ2v) is 18.2. The Morgan fingerprint density at radius 3 is 1.31 bits per heavy atom. The molecule has 368 valence electrons. The van der Waals surface area contributed by atoms with Crippen LogP contribution < -0.4 is 5.32 Å². The summed E-state index contributed by atoms with van der Waals surface area (Å²) in [5.41, 5.74) is 0. The molecule has 0 aliphatic heterocycles. The summed E-state index contributed by atoms with van der Waals surface area (Å²) in [4.78, 5) is 34.0. The largest absolute Gasteiger partial charge is 0.472 e. The van der Waals surface area contributed by atoms with Crippen molar-refractivity contribution in [1.29, 1.82) is 0 Å². The van der Waals surface area contributed by atoms with Crippen LogP contribution in [0.5, 0.6) is 0 Å². The van der Waals surface area contributed by atoms with E-state index in [-0.39, 0.29) is 32.1 Å². The second kappa shape index (κ2) is 49.6. The van der Waals surface area contributed by atoms with Crippen molar-refractivity contribution in [2.75, 3.05) is 26.4 Å². The molecule has 0 rings (SSSR count). The lowest BCUT2D eigenvalue weighted by molar-refractivity contribution is -0.147. The van der Waals surface area contributed by atoms with E-state index < -0.39 is 26.5 Å². The number of phosphoric ester groups is 1. The van der Waals surface area contributed by atoms with Gasteiger partial charge >= 0.3 is 13.8 Å². The molecule has 2 unspecified atom stereocenters. The van der Waals surface area contributed by atoms with E-state index in [1.807, 2.05) is 6.08 Å². The van der Waals surface area contributed by atoms with Crippen LogP contribution >= 0.6 is 7.82 Å². The number of phosphoric acid groups is 1. The summed E-state index contributed by atoms with van der Waals surface area (Å²) in [5.74, 6) is -0.576. The molecule has 1 amide bonds. The molecule has 0 aliphatic carbocycles. The first-order valence-corrected chi connectivity index (χ1v) is 27.1. The Morgan fingerprint density at radius 1 is 0.500 bits per heavy atom. The Bertz CT molecular complexity index is 1320. The molecule has 0 radical (unpaired) electrons. The predicted molar refractivity (Wildman–Crippen MR) is 270 cm³/mol. The highest BCUT2D eigenvalue weighted by Crippen LogP contribution is 2.42. The first-order chi connectivity index (χ1) is 31.3. The normalized spacial score (nSPS) is 13.9. The van der Waals surface area contributed by atoms with Crippen molar-refractivity contribution < 1.29 is 37.9 Å². The lowest BCUT2D eigenvalue weighted by atomic mass is 10.0. The van der Waals surface area contributed by atoms with Gasteiger partial charge in [-0.15, -0.1) is 0 Å². The molecule has 0 saturated carbocycles. The number of allylic oxidation sites excluding steroid dienone is 14. The minimum atomic E-state index is -4.44. The number of unbranched alkanes of at least 4 members (excludes halogenated alkanes) is 20. The molecule has 64 heavy (non-hydrogen) atoms. The summed E-state index contributed by atoms with van der Waals surface area (Å²) in [6, 6.07) is 0. The third kappa shape index (κ3) is 50.2. The minimum absolute atomic E-state index is 0.0732. The predicted octanol–water partition coefficient (Wildman–Crippen LogP) is 15.2. The van der Waals surface area contributed by atoms with Crippen LogP contribution in [0.2, 0.25) is 0 Å². The molecule has 0 aromatic heterocycles. The Hall–Kier alpha value is -2.81. The SMILES string of the molecule is CC/C=C\C/C=C\C/C=C\C/C=C\C/C=C\C/C=C\C/C=C\CCCC(=O)OCC(O)COP(=O)(O)OCCNC(=O)CCCCCCCCCCCCCCCCCCCCCC. The van der Waals surface area contributed by atoms with Crippen molar-refractivity contribution in [3.63, 3.8) is 0 Å². The van der Waals surface area contributed by atoms with Crippen LogP contribution in [0.25, 0.3) is 0 Å². The number of amides is 1. The van der Waals surface area contributed by atoms with E-state index in [0.29, 0.717) is 12.8 Å². The first-order valence-electron chi connectivity index (χ1n) is 25.6. The summed E-state index contributed by atoms with van der Waals surface area (Å²) in [6.07, 6.45) is 63.9. The zero-order valence-electron chi connectivity index (χ0n) is 40.7. The van der Waals surface area contributed by atoms with Gasteiger partial charge in [0.2, 0.25) is 5.91 Å². The summed E-state index contributed by atoms with van der Waals surface area (Å²) < 4.78 is 26.9. The van der Waals surface area contributed by atoms with Gasteiger partial charge in [0, 0.05) is 19.4 Å². The van der Waals surface area contributed by atoms with E-state index in [4.69, 9.17) is 13.8 Å². The lowest BCUT2D eigenvalue weighted by Crippen LogP contribution is -2.27. The smallest absolute Gasteiger partial charge is 0.463 e. The fourth-order valence-electron chi connectivity index (χ4n) is 6.78. The van der Waals surface area contributed by atoms with E-state index in [0.717, 1.165) is 70.6 Å². The van der Waals surface area contributed by atoms with Crippen molar-refractivity contribution in [2.24, 2.45) is 0 Å². The summed E-state index contributed by atoms with van der Waals surface area (Å²) in [6.45, 7) is 3.39. The summed E-state index contributed by atoms with van der Waals surface area (Å²) in [7, 11) is -4.44. The van der Waals surface area contributed by atoms with Gasteiger partial charge in [-0.3, -0.25) is 18.6 Å². The van der Waals surface area contributed by atoms with E-state index in [1.165, 1.54) is 109 Å². The molecule has 0 aromatic rings. The summed E-state index contributed by atoms with van der Waals surface area (Å²) in [5, 5.41) is 12.7. The van der Waals surface area contributed by atoms with Gasteiger partial charge in [-0.25, -0.2) is 4.57 Å². The maximum Gasteiger partial charge on any atom is 0.472 e. The van der Waals surface area contributed by atoms with Crippen LogP contribution in [0.3, 0.4) is 0 Å². The molecule has 0 fully saturated rings. The van der Waals surface area contributed by atoms with Crippen molar-refractivity contribution in [3.8, 4) is 0 Å². The summed E-state index contributed by atoms with van der Waals surface area (Å²) >= 11 is 0. The maximum atomic E-state index is 12.1. The number of rotatable bonds is 47. The van der Waals surface area contributed by atoms with E-state index in [2.05, 4.69) is 98.2 Å². The maximum absolute atomic E-state index is 12.1. The van der Waals surface area contributed by atoms with Gasteiger partial charge in [-0.1, -0.05) is 221 Å². The van der Waals surface area contributed by atoms with Gasteiger partial charge in [0.05, 0.1) is 13.2 Å². The molecule has 0 spiro atoms. The fraction of sp³-hybridized carbons (Fsp3) is 0.704. The average Bonchev–Trinajstić information content (AvgIpc) is 3.28. The van der Waals surface area contributed by atoms with Gasteiger partial charge in [-0.2, -0.15) is 0 Å². The lowest BCUT2D eigenvalue weighted by Gasteiger charge is -2.15. The number of carbonyl (C=O) groups excluding carboxylic acids is 2. The number of carbonyl (C=O) groups is 2. The second-order valence-electron chi connectivity index (χ2n) is 16.8. The Labute approximate surface area is 392 Å². The number of hydrogen-bond donors (Lipinski definition) is 3. The standard InChI is InChI=1S/C54H94NO8P/c1-3-5-7-9-11-13-15-17-19-21-23-25-26-27-29-31-33-35-37-39-41-43-45-47-54(58)61-50-52(56)51-63-64(59,60)62-49-48-55-53(57)46-44-42-40-38-36-34-32-30-28-24-22-20-18-16-14-12-10-8-6-4-2/h5,7,11,13,17,19,23,25,27,29,33,35,39,41,52,56H,3-4,6,8-10,12,14-16,18,20-22,24,26,28,30-32,34,36-38,40,42-51H2,1-2H3,(H,55,57)(H,59,60)/b7-5-,13-11-,19-17-,25-23-,29-27-,35-33-,41-39-. The van der Waals surface area contributed by atoms with Crippen molar-refractivity contribution >= 4 is 19.7 Å². The molecule has 0 aromatic carbocycles. The Morgan fingerprint density at radius 2 is 0.891 bits per heavy atom. The van der Waals surface area contributed by atoms with E-state index in [1.54, 1.807) is 0 Å². The highest BCUT2D eigenvalue weighted by molar-refractivity contribution is 7.47. The van der Waals surface area contributed by atoms with Crippen LogP contribution in [0, 0.1) is 0 Å². The molecular weight excluding hydrogens is 822 g/mol. The van der Waals surface area contributed by atoms with Crippen LogP contribution in [0.1, 0.15) is 213 Å². The van der Waals surface area contributed by atoms with E-state index in [9.17, 15) is 24.2 Å². The van der Waals surface area contributed by atoms with Crippen molar-refractivity contribution in [2.45, 2.75) is 219 Å². The molecule has 10 heteroatoms. The van der Waals surface area contributed by atoms with Gasteiger partial charge < -0.3 is 20.1 Å². The molecule has 0 saturated heterocycles. The minimum Gasteiger partial charge on any atom is -0.463 e. The highest BCUT2D eigenvalue weighted by Gasteiger charge is 2.23. The van der Waals surface area contributed by atoms with E-state index >= 15 is 0 Å². The van der Waals surface area contributed by atoms with Crippen LogP contribution in [0.15, 0.2) is 85.1 Å². The fourth-order valence-corrected chi connectivity index (χ4v) is 7.54. The number of hydrogen-bond acceptors (Lipinski definition) is 7. The quantitative estimate of drug-likeness (QED) is 0.0238. The van der Waals surface area contributed by atoms with Crippen molar-refractivity contribution in [3.05, 3.63) is 85.1 Å². The Balaban J connectivity index is 3.66. The monoisotopic (exact) mass is 916 g/mol. The number of nitrogens with one attached hydrogen (secondary N) is 1. The van der Waals surface area contributed by atoms with Gasteiger partial charge in [-0.05, 0) is 64.2 Å². The molecule has 0 bridgehead atoms. The average molecular weight is 916 g/mol. The highest BCUT2D eigenvalue weighted by atomic mass is 31.2. The number of aliphatic hydroxyl groups excluding tert-OH is 1. The first kappa shape index (κ1) is 61.2. The number of aliphatic hydroxyl groups is 1. The van der Waals surface area contributed by atoms with Crippen LogP contribution in [0.4, 0.5) is 0 Å². The number of esters is 1. The van der Waals surface area contributed by atoms with Gasteiger partial charge in [0.15, 0.2) is 0 Å². The van der Waals surface area contributed by atoms with Gasteiger partial charge in [0.25, 0.3) is 0 Å². The molecular formula is C54H94NO8P. The molecule has 0 heterocycles. The number of ether oxygens (including phenoxy) is 1. The molecule has 2 atom stereocenters. The van der Waals surface area contributed by atoms with Gasteiger partial charge in [0.1, 0.15) is 12.7 Å². The van der Waals surface area contributed by atoms with Crippen LogP contribution in [-0.4, -0.2) is 54.3 Å². The van der Waals surface area contributed by atoms with Crippen LogP contribution in [-0.2, 0) is 27.9 Å². The molecule has 9 nitrogen and oxygen atoms in total.